The van der Waals surface area contributed by atoms with Gasteiger partial charge in [-0.15, -0.1) is 0 Å². The van der Waals surface area contributed by atoms with E-state index in [0.717, 1.165) is 25.7 Å². The van der Waals surface area contributed by atoms with Crippen molar-refractivity contribution in [1.82, 2.24) is 4.90 Å². The second-order valence-electron chi connectivity index (χ2n) is 5.57. The minimum absolute atomic E-state index is 0.0106. The topological polar surface area (TPSA) is 46.6 Å². The summed E-state index contributed by atoms with van der Waals surface area (Å²) in [5.41, 5.74) is 0. The third kappa shape index (κ3) is 5.93. The van der Waals surface area contributed by atoms with Crippen LogP contribution >= 0.6 is 0 Å². The van der Waals surface area contributed by atoms with E-state index in [9.17, 15) is 9.59 Å². The Kier molecular flexibility index (Phi) is 8.31. The van der Waals surface area contributed by atoms with Gasteiger partial charge in [0.15, 0.2) is 0 Å². The number of likely N-dealkylation sites (tertiary alicyclic amines) is 1. The Balaban J connectivity index is 2.17. The first-order chi connectivity index (χ1) is 9.69. The molecule has 1 saturated heterocycles. The fourth-order valence-corrected chi connectivity index (χ4v) is 2.66. The van der Waals surface area contributed by atoms with Gasteiger partial charge in [-0.1, -0.05) is 32.6 Å². The standard InChI is InChI=1S/C16H29NO3/c1-3-5-6-7-8-9-15(18)17-12-10-14(11-13-17)16(19)20-4-2/h14H,3-13H2,1-2H3. The minimum Gasteiger partial charge on any atom is -0.466 e. The Morgan fingerprint density at radius 2 is 1.70 bits per heavy atom. The van der Waals surface area contributed by atoms with Gasteiger partial charge in [-0.2, -0.15) is 0 Å². The summed E-state index contributed by atoms with van der Waals surface area (Å²) in [6.45, 7) is 5.87. The number of esters is 1. The summed E-state index contributed by atoms with van der Waals surface area (Å²) in [5.74, 6) is 0.145. The van der Waals surface area contributed by atoms with Crippen LogP contribution in [0.5, 0.6) is 0 Å². The quantitative estimate of drug-likeness (QED) is 0.508. The summed E-state index contributed by atoms with van der Waals surface area (Å²) in [7, 11) is 0. The van der Waals surface area contributed by atoms with Crippen molar-refractivity contribution in [3.8, 4) is 0 Å². The maximum Gasteiger partial charge on any atom is 0.309 e. The Bertz CT molecular complexity index is 296. The number of rotatable bonds is 8. The predicted molar refractivity (Wildman–Crippen MR) is 79.3 cm³/mol. The van der Waals surface area contributed by atoms with Gasteiger partial charge in [0.05, 0.1) is 12.5 Å². The van der Waals surface area contributed by atoms with Gasteiger partial charge < -0.3 is 9.64 Å². The van der Waals surface area contributed by atoms with Gasteiger partial charge in [0.1, 0.15) is 0 Å². The van der Waals surface area contributed by atoms with Crippen LogP contribution in [0.1, 0.15) is 65.2 Å². The van der Waals surface area contributed by atoms with E-state index in [2.05, 4.69) is 6.92 Å². The van der Waals surface area contributed by atoms with Crippen molar-refractivity contribution >= 4 is 11.9 Å². The van der Waals surface area contributed by atoms with E-state index in [1.807, 2.05) is 11.8 Å². The molecule has 116 valence electrons. The van der Waals surface area contributed by atoms with Gasteiger partial charge in [0.25, 0.3) is 0 Å². The van der Waals surface area contributed by atoms with Crippen LogP contribution in [-0.2, 0) is 14.3 Å². The minimum atomic E-state index is -0.0980. The van der Waals surface area contributed by atoms with Crippen LogP contribution in [0.2, 0.25) is 0 Å². The van der Waals surface area contributed by atoms with Crippen molar-refractivity contribution in [3.05, 3.63) is 0 Å². The molecule has 1 heterocycles. The normalized spacial score (nSPS) is 16.2. The molecule has 0 aromatic rings. The van der Waals surface area contributed by atoms with E-state index in [1.165, 1.54) is 19.3 Å². The lowest BCUT2D eigenvalue weighted by atomic mass is 9.96. The van der Waals surface area contributed by atoms with Crippen LogP contribution in [0.4, 0.5) is 0 Å². The first-order valence-corrected chi connectivity index (χ1v) is 8.13. The summed E-state index contributed by atoms with van der Waals surface area (Å²) in [4.78, 5) is 25.6. The molecule has 0 aliphatic carbocycles. The lowest BCUT2D eigenvalue weighted by Crippen LogP contribution is -2.40. The number of unbranched alkanes of at least 4 members (excludes halogenated alkanes) is 4. The summed E-state index contributed by atoms with van der Waals surface area (Å²) >= 11 is 0. The highest BCUT2D eigenvalue weighted by Crippen LogP contribution is 2.19. The first-order valence-electron chi connectivity index (χ1n) is 8.13. The molecule has 4 heteroatoms. The van der Waals surface area contributed by atoms with Gasteiger partial charge in [-0.05, 0) is 26.2 Å². The van der Waals surface area contributed by atoms with Crippen molar-refractivity contribution in [1.29, 1.82) is 0 Å². The zero-order chi connectivity index (χ0) is 14.8. The molecule has 4 nitrogen and oxygen atoms in total. The Morgan fingerprint density at radius 1 is 1.05 bits per heavy atom. The Labute approximate surface area is 122 Å². The molecule has 0 atom stereocenters. The Hall–Kier alpha value is -1.06. The molecule has 0 saturated carbocycles. The van der Waals surface area contributed by atoms with E-state index in [4.69, 9.17) is 4.74 Å². The highest BCUT2D eigenvalue weighted by Gasteiger charge is 2.27. The number of piperidine rings is 1. The average molecular weight is 283 g/mol. The molecular formula is C16H29NO3. The summed E-state index contributed by atoms with van der Waals surface area (Å²) in [6, 6.07) is 0. The Morgan fingerprint density at radius 3 is 2.30 bits per heavy atom. The molecule has 0 aromatic carbocycles. The van der Waals surface area contributed by atoms with Crippen LogP contribution in [0.25, 0.3) is 0 Å². The van der Waals surface area contributed by atoms with E-state index in [-0.39, 0.29) is 17.8 Å². The van der Waals surface area contributed by atoms with Crippen LogP contribution in [-0.4, -0.2) is 36.5 Å². The molecule has 1 rings (SSSR count). The molecule has 1 aliphatic rings. The highest BCUT2D eigenvalue weighted by atomic mass is 16.5. The third-order valence-corrected chi connectivity index (χ3v) is 3.96. The largest absolute Gasteiger partial charge is 0.466 e. The van der Waals surface area contributed by atoms with Crippen LogP contribution < -0.4 is 0 Å². The van der Waals surface area contributed by atoms with Gasteiger partial charge in [0, 0.05) is 19.5 Å². The van der Waals surface area contributed by atoms with Crippen molar-refractivity contribution < 1.29 is 14.3 Å². The molecule has 0 aromatic heterocycles. The van der Waals surface area contributed by atoms with E-state index >= 15 is 0 Å². The van der Waals surface area contributed by atoms with Gasteiger partial charge in [0.2, 0.25) is 5.91 Å². The average Bonchev–Trinajstić information content (AvgIpc) is 2.47. The smallest absolute Gasteiger partial charge is 0.309 e. The van der Waals surface area contributed by atoms with Crippen LogP contribution in [0, 0.1) is 5.92 Å². The SMILES string of the molecule is CCCCCCCC(=O)N1CCC(C(=O)OCC)CC1. The molecule has 0 unspecified atom stereocenters. The molecule has 0 spiro atoms. The lowest BCUT2D eigenvalue weighted by molar-refractivity contribution is -0.151. The van der Waals surface area contributed by atoms with Crippen molar-refractivity contribution in [2.45, 2.75) is 65.2 Å². The zero-order valence-corrected chi connectivity index (χ0v) is 13.0. The van der Waals surface area contributed by atoms with Gasteiger partial charge in [-0.3, -0.25) is 9.59 Å². The van der Waals surface area contributed by atoms with Crippen molar-refractivity contribution in [3.63, 3.8) is 0 Å². The number of ether oxygens (including phenoxy) is 1. The third-order valence-electron chi connectivity index (χ3n) is 3.96. The molecule has 20 heavy (non-hydrogen) atoms. The predicted octanol–water partition coefficient (Wildman–Crippen LogP) is 3.15. The molecule has 0 N–H and O–H groups in total. The second kappa shape index (κ2) is 9.78. The summed E-state index contributed by atoms with van der Waals surface area (Å²) in [5, 5.41) is 0. The van der Waals surface area contributed by atoms with Crippen LogP contribution in [0.15, 0.2) is 0 Å². The number of carbonyl (C=O) groups excluding carboxylic acids is 2. The van der Waals surface area contributed by atoms with Gasteiger partial charge >= 0.3 is 5.97 Å². The van der Waals surface area contributed by atoms with E-state index in [1.54, 1.807) is 0 Å². The lowest BCUT2D eigenvalue weighted by Gasteiger charge is -2.31. The number of carbonyl (C=O) groups is 2. The zero-order valence-electron chi connectivity index (χ0n) is 13.0. The van der Waals surface area contributed by atoms with E-state index < -0.39 is 0 Å². The maximum absolute atomic E-state index is 12.0. The monoisotopic (exact) mass is 283 g/mol. The first kappa shape index (κ1) is 17.0. The molecule has 0 bridgehead atoms. The van der Waals surface area contributed by atoms with Crippen molar-refractivity contribution in [2.75, 3.05) is 19.7 Å². The fraction of sp³-hybridized carbons (Fsp3) is 0.875. The summed E-state index contributed by atoms with van der Waals surface area (Å²) < 4.78 is 5.04. The second-order valence-corrected chi connectivity index (χ2v) is 5.57. The maximum atomic E-state index is 12.0. The molecule has 1 aliphatic heterocycles. The van der Waals surface area contributed by atoms with Crippen molar-refractivity contribution in [2.24, 2.45) is 5.92 Å². The number of hydrogen-bond donors (Lipinski definition) is 0. The van der Waals surface area contributed by atoms with E-state index in [0.29, 0.717) is 26.1 Å². The number of nitrogens with zero attached hydrogens (tertiary/aromatic N) is 1. The van der Waals surface area contributed by atoms with Gasteiger partial charge in [-0.25, -0.2) is 0 Å². The highest BCUT2D eigenvalue weighted by molar-refractivity contribution is 5.77. The molecule has 1 fully saturated rings. The summed E-state index contributed by atoms with van der Waals surface area (Å²) in [6.07, 6.45) is 8.03. The molecular weight excluding hydrogens is 254 g/mol. The fourth-order valence-electron chi connectivity index (χ4n) is 2.66. The molecule has 1 amide bonds. The van der Waals surface area contributed by atoms with Crippen LogP contribution in [0.3, 0.4) is 0 Å². The molecule has 0 radical (unpaired) electrons. The number of amides is 1. The number of hydrogen-bond acceptors (Lipinski definition) is 3.